The second kappa shape index (κ2) is 8.02. The Balaban J connectivity index is 1.85. The molecule has 1 amide bonds. The van der Waals surface area contributed by atoms with Crippen LogP contribution in [0.3, 0.4) is 0 Å². The lowest BCUT2D eigenvalue weighted by molar-refractivity contribution is -0.141. The lowest BCUT2D eigenvalue weighted by Crippen LogP contribution is -2.36. The predicted octanol–water partition coefficient (Wildman–Crippen LogP) is 4.91. The van der Waals surface area contributed by atoms with Gasteiger partial charge in [-0.2, -0.15) is 13.2 Å². The molecular formula is C21H23F3N2O3. The number of alkyl carbamates (subject to hydrolysis) is 1. The molecule has 156 valence electrons. The van der Waals surface area contributed by atoms with Gasteiger partial charge in [-0.05, 0) is 55.2 Å². The van der Waals surface area contributed by atoms with Crippen LogP contribution < -0.4 is 5.32 Å². The molecule has 0 saturated heterocycles. The highest BCUT2D eigenvalue weighted by Crippen LogP contribution is 2.36. The van der Waals surface area contributed by atoms with Crippen LogP contribution in [0.15, 0.2) is 36.5 Å². The smallest absolute Gasteiger partial charge is 0.433 e. The van der Waals surface area contributed by atoms with Gasteiger partial charge in [0.05, 0.1) is 13.2 Å². The first-order valence-corrected chi connectivity index (χ1v) is 9.24. The lowest BCUT2D eigenvalue weighted by atomic mass is 9.87. The largest absolute Gasteiger partial charge is 0.444 e. The number of amides is 1. The summed E-state index contributed by atoms with van der Waals surface area (Å²) in [6, 6.07) is 8.06. The third-order valence-electron chi connectivity index (χ3n) is 4.47. The summed E-state index contributed by atoms with van der Waals surface area (Å²) in [6.45, 7) is 6.33. The third kappa shape index (κ3) is 5.26. The Morgan fingerprint density at radius 1 is 1.28 bits per heavy atom. The molecule has 3 rings (SSSR count). The van der Waals surface area contributed by atoms with Gasteiger partial charge in [-0.3, -0.25) is 4.98 Å². The number of rotatable bonds is 3. The van der Waals surface area contributed by atoms with Crippen LogP contribution in [0.2, 0.25) is 0 Å². The molecule has 1 aliphatic heterocycles. The number of aromatic nitrogens is 1. The molecule has 1 N–H and O–H groups in total. The minimum atomic E-state index is -4.51. The zero-order chi connectivity index (χ0) is 21.2. The van der Waals surface area contributed by atoms with E-state index in [1.54, 1.807) is 39.0 Å². The summed E-state index contributed by atoms with van der Waals surface area (Å²) in [5.74, 6) is -0.129. The van der Waals surface area contributed by atoms with Crippen molar-refractivity contribution in [1.29, 1.82) is 0 Å². The molecule has 0 bridgehead atoms. The minimum Gasteiger partial charge on any atom is -0.444 e. The predicted molar refractivity (Wildman–Crippen MR) is 101 cm³/mol. The number of ether oxygens (including phenoxy) is 2. The van der Waals surface area contributed by atoms with Crippen LogP contribution in [-0.4, -0.2) is 29.8 Å². The molecule has 1 aliphatic rings. The van der Waals surface area contributed by atoms with Gasteiger partial charge in [0, 0.05) is 18.7 Å². The Hall–Kier alpha value is -2.61. The van der Waals surface area contributed by atoms with Crippen molar-refractivity contribution in [3.05, 3.63) is 53.3 Å². The summed E-state index contributed by atoms with van der Waals surface area (Å²) in [5, 5.41) is 2.74. The number of carbonyl (C=O) groups excluding carboxylic acids is 1. The van der Waals surface area contributed by atoms with E-state index in [2.05, 4.69) is 10.3 Å². The average Bonchev–Trinajstić information content (AvgIpc) is 2.64. The molecule has 1 aromatic carbocycles. The molecule has 0 spiro atoms. The maximum absolute atomic E-state index is 13.0. The molecule has 8 heteroatoms. The number of nitrogens with zero attached hydrogens (tertiary/aromatic N) is 1. The van der Waals surface area contributed by atoms with Gasteiger partial charge in [0.2, 0.25) is 0 Å². The molecule has 2 heterocycles. The average molecular weight is 408 g/mol. The summed E-state index contributed by atoms with van der Waals surface area (Å²) in [7, 11) is 0. The highest BCUT2D eigenvalue weighted by molar-refractivity contribution is 5.70. The molecule has 2 aromatic rings. The van der Waals surface area contributed by atoms with Crippen LogP contribution >= 0.6 is 0 Å². The highest BCUT2D eigenvalue weighted by Gasteiger charge is 2.33. The number of alkyl halides is 3. The molecular weight excluding hydrogens is 385 g/mol. The van der Waals surface area contributed by atoms with E-state index >= 15 is 0 Å². The molecule has 0 unspecified atom stereocenters. The number of fused-ring (bicyclic) bond motifs is 1. The van der Waals surface area contributed by atoms with Crippen LogP contribution in [0.4, 0.5) is 18.0 Å². The van der Waals surface area contributed by atoms with Crippen molar-refractivity contribution in [3.8, 4) is 11.1 Å². The summed E-state index contributed by atoms with van der Waals surface area (Å²) in [5.41, 5.74) is 1.30. The first-order chi connectivity index (χ1) is 13.5. The zero-order valence-corrected chi connectivity index (χ0v) is 16.5. The summed E-state index contributed by atoms with van der Waals surface area (Å²) in [6.07, 6.45) is -3.88. The van der Waals surface area contributed by atoms with Crippen molar-refractivity contribution in [2.24, 2.45) is 0 Å². The molecule has 29 heavy (non-hydrogen) atoms. The number of pyridine rings is 1. The Bertz CT molecular complexity index is 891. The van der Waals surface area contributed by atoms with E-state index < -0.39 is 23.6 Å². The van der Waals surface area contributed by atoms with E-state index in [0.29, 0.717) is 24.3 Å². The van der Waals surface area contributed by atoms with Crippen LogP contribution in [0.25, 0.3) is 11.1 Å². The maximum Gasteiger partial charge on any atom is 0.433 e. The molecule has 0 radical (unpaired) electrons. The number of hydrogen-bond acceptors (Lipinski definition) is 4. The lowest BCUT2D eigenvalue weighted by Gasteiger charge is -2.28. The van der Waals surface area contributed by atoms with E-state index in [4.69, 9.17) is 9.47 Å². The van der Waals surface area contributed by atoms with Crippen molar-refractivity contribution >= 4 is 6.09 Å². The van der Waals surface area contributed by atoms with Crippen molar-refractivity contribution in [2.45, 2.75) is 45.1 Å². The van der Waals surface area contributed by atoms with Crippen molar-refractivity contribution in [1.82, 2.24) is 10.3 Å². The maximum atomic E-state index is 13.0. The fourth-order valence-corrected chi connectivity index (χ4v) is 3.25. The fraction of sp³-hybridized carbons (Fsp3) is 0.429. The SMILES string of the molecule is CC(C)(C)OC(=O)NC[C@@H]1COCc2c(-c3ccnc(C(F)(F)F)c3)cccc21. The Labute approximate surface area is 167 Å². The third-order valence-corrected chi connectivity index (χ3v) is 4.47. The van der Waals surface area contributed by atoms with Gasteiger partial charge in [0.15, 0.2) is 0 Å². The van der Waals surface area contributed by atoms with E-state index in [0.717, 1.165) is 23.4 Å². The van der Waals surface area contributed by atoms with Crippen LogP contribution in [0, 0.1) is 0 Å². The first-order valence-electron chi connectivity index (χ1n) is 9.24. The van der Waals surface area contributed by atoms with E-state index in [9.17, 15) is 18.0 Å². The van der Waals surface area contributed by atoms with Crippen molar-refractivity contribution in [3.63, 3.8) is 0 Å². The summed E-state index contributed by atoms with van der Waals surface area (Å²) in [4.78, 5) is 15.4. The minimum absolute atomic E-state index is 0.129. The van der Waals surface area contributed by atoms with Gasteiger partial charge in [-0.1, -0.05) is 18.2 Å². The monoisotopic (exact) mass is 408 g/mol. The summed E-state index contributed by atoms with van der Waals surface area (Å²) < 4.78 is 50.0. The van der Waals surface area contributed by atoms with Crippen molar-refractivity contribution < 1.29 is 27.4 Å². The van der Waals surface area contributed by atoms with Gasteiger partial charge < -0.3 is 14.8 Å². The molecule has 1 atom stereocenters. The first kappa shape index (κ1) is 21.1. The van der Waals surface area contributed by atoms with E-state index in [1.165, 1.54) is 0 Å². The number of carbonyl (C=O) groups is 1. The van der Waals surface area contributed by atoms with Gasteiger partial charge in [-0.15, -0.1) is 0 Å². The van der Waals surface area contributed by atoms with Gasteiger partial charge in [0.1, 0.15) is 11.3 Å². The topological polar surface area (TPSA) is 60.5 Å². The van der Waals surface area contributed by atoms with Crippen LogP contribution in [0.5, 0.6) is 0 Å². The van der Waals surface area contributed by atoms with Crippen LogP contribution in [0.1, 0.15) is 43.5 Å². The zero-order valence-electron chi connectivity index (χ0n) is 16.5. The normalized spacial score (nSPS) is 16.8. The van der Waals surface area contributed by atoms with Gasteiger partial charge >= 0.3 is 12.3 Å². The Morgan fingerprint density at radius 2 is 2.03 bits per heavy atom. The second-order valence-electron chi connectivity index (χ2n) is 7.90. The van der Waals surface area contributed by atoms with Gasteiger partial charge in [-0.25, -0.2) is 4.79 Å². The fourth-order valence-electron chi connectivity index (χ4n) is 3.25. The quantitative estimate of drug-likeness (QED) is 0.784. The number of nitrogens with one attached hydrogen (secondary N) is 1. The van der Waals surface area contributed by atoms with E-state index in [-0.39, 0.29) is 12.5 Å². The number of halogens is 3. The van der Waals surface area contributed by atoms with Gasteiger partial charge in [0.25, 0.3) is 0 Å². The Kier molecular flexibility index (Phi) is 5.84. The molecule has 0 saturated carbocycles. The van der Waals surface area contributed by atoms with E-state index in [1.807, 2.05) is 6.07 Å². The summed E-state index contributed by atoms with van der Waals surface area (Å²) >= 11 is 0. The molecule has 0 fully saturated rings. The highest BCUT2D eigenvalue weighted by atomic mass is 19.4. The second-order valence-corrected chi connectivity index (χ2v) is 7.90. The number of benzene rings is 1. The molecule has 0 aliphatic carbocycles. The number of hydrogen-bond donors (Lipinski definition) is 1. The van der Waals surface area contributed by atoms with Crippen LogP contribution in [-0.2, 0) is 22.3 Å². The molecule has 5 nitrogen and oxygen atoms in total. The standard InChI is InChI=1S/C21H23F3N2O3/c1-20(2,3)29-19(27)26-10-14-11-28-12-17-15(5-4-6-16(14)17)13-7-8-25-18(9-13)21(22,23)24/h4-9,14H,10-12H2,1-3H3,(H,26,27)/t14-/m1/s1. The van der Waals surface area contributed by atoms with Crippen molar-refractivity contribution in [2.75, 3.05) is 13.2 Å². The Morgan fingerprint density at radius 3 is 2.72 bits per heavy atom. The molecule has 1 aromatic heterocycles.